The lowest BCUT2D eigenvalue weighted by atomic mass is 9.92. The highest BCUT2D eigenvalue weighted by Gasteiger charge is 2.41. The molecule has 1 unspecified atom stereocenters. The Morgan fingerprint density at radius 2 is 1.85 bits per heavy atom. The molecule has 1 atom stereocenters. The number of hydrogen-bond donors (Lipinski definition) is 1. The van der Waals surface area contributed by atoms with Crippen LogP contribution < -0.4 is 14.2 Å². The van der Waals surface area contributed by atoms with Gasteiger partial charge in [0.05, 0.1) is 12.7 Å². The zero-order valence-corrected chi connectivity index (χ0v) is 17.1. The molecule has 0 spiro atoms. The van der Waals surface area contributed by atoms with Crippen molar-refractivity contribution in [2.24, 2.45) is 0 Å². The van der Waals surface area contributed by atoms with Gasteiger partial charge in [0.2, 0.25) is 0 Å². The third kappa shape index (κ3) is 4.33. The summed E-state index contributed by atoms with van der Waals surface area (Å²) in [4.78, 5) is 24.1. The molecular formula is C21H28O6. The number of aliphatic hydroxyl groups is 1. The quantitative estimate of drug-likeness (QED) is 0.355. The van der Waals surface area contributed by atoms with Gasteiger partial charge in [0.1, 0.15) is 23.2 Å². The Balaban J connectivity index is 2.81. The highest BCUT2D eigenvalue weighted by Crippen LogP contribution is 2.49. The van der Waals surface area contributed by atoms with E-state index >= 15 is 0 Å². The number of carbonyl (C=O) groups is 2. The first kappa shape index (κ1) is 21.0. The van der Waals surface area contributed by atoms with E-state index in [1.165, 1.54) is 21.0 Å². The molecule has 0 amide bonds. The molecule has 0 radical (unpaired) electrons. The molecule has 1 aliphatic rings. The second kappa shape index (κ2) is 7.72. The van der Waals surface area contributed by atoms with Crippen molar-refractivity contribution in [3.05, 3.63) is 28.3 Å². The van der Waals surface area contributed by atoms with E-state index in [9.17, 15) is 14.7 Å². The maximum absolute atomic E-state index is 12.4. The molecule has 148 valence electrons. The van der Waals surface area contributed by atoms with Gasteiger partial charge in [-0.15, -0.1) is 0 Å². The Labute approximate surface area is 160 Å². The number of methoxy groups -OCH3 is 1. The minimum atomic E-state index is -1.11. The van der Waals surface area contributed by atoms with Gasteiger partial charge in [-0.2, -0.15) is 0 Å². The summed E-state index contributed by atoms with van der Waals surface area (Å²) in [5.41, 5.74) is 1.55. The maximum atomic E-state index is 12.4. The SMILES string of the molecule is COc1c(CC=C(C)C)c2c(c(OC(C)=O)c1C(C)=O)CC(C(C)(C)O)O2. The van der Waals surface area contributed by atoms with Crippen LogP contribution in [0.25, 0.3) is 0 Å². The van der Waals surface area contributed by atoms with Crippen molar-refractivity contribution >= 4 is 11.8 Å². The van der Waals surface area contributed by atoms with Crippen LogP contribution in [0.15, 0.2) is 11.6 Å². The molecule has 1 aromatic rings. The Hall–Kier alpha value is -2.34. The van der Waals surface area contributed by atoms with Gasteiger partial charge in [0, 0.05) is 24.5 Å². The third-order valence-corrected chi connectivity index (χ3v) is 4.50. The fourth-order valence-electron chi connectivity index (χ4n) is 3.18. The fourth-order valence-corrected chi connectivity index (χ4v) is 3.18. The first-order chi connectivity index (χ1) is 12.5. The molecule has 1 aliphatic heterocycles. The molecule has 6 heteroatoms. The van der Waals surface area contributed by atoms with Gasteiger partial charge >= 0.3 is 5.97 Å². The van der Waals surface area contributed by atoms with E-state index in [1.54, 1.807) is 13.8 Å². The van der Waals surface area contributed by atoms with Crippen LogP contribution in [0.5, 0.6) is 17.2 Å². The summed E-state index contributed by atoms with van der Waals surface area (Å²) in [6.07, 6.45) is 2.30. The molecule has 0 aromatic heterocycles. The lowest BCUT2D eigenvalue weighted by molar-refractivity contribution is -0.131. The number of rotatable bonds is 6. The zero-order valence-electron chi connectivity index (χ0n) is 17.1. The van der Waals surface area contributed by atoms with E-state index in [0.717, 1.165) is 5.57 Å². The molecular weight excluding hydrogens is 348 g/mol. The monoisotopic (exact) mass is 376 g/mol. The molecule has 0 fully saturated rings. The number of carbonyl (C=O) groups excluding carboxylic acids is 2. The highest BCUT2D eigenvalue weighted by molar-refractivity contribution is 6.02. The molecule has 0 saturated heterocycles. The molecule has 1 N–H and O–H groups in total. The summed E-state index contributed by atoms with van der Waals surface area (Å²) in [7, 11) is 1.47. The molecule has 0 saturated carbocycles. The van der Waals surface area contributed by atoms with Crippen LogP contribution in [0.3, 0.4) is 0 Å². The second-order valence-electron chi connectivity index (χ2n) is 7.62. The lowest BCUT2D eigenvalue weighted by Crippen LogP contribution is -2.39. The average molecular weight is 376 g/mol. The van der Waals surface area contributed by atoms with Crippen molar-refractivity contribution in [3.63, 3.8) is 0 Å². The normalized spacial score (nSPS) is 15.6. The van der Waals surface area contributed by atoms with E-state index < -0.39 is 17.7 Å². The third-order valence-electron chi connectivity index (χ3n) is 4.50. The first-order valence-corrected chi connectivity index (χ1v) is 8.94. The molecule has 0 bridgehead atoms. The summed E-state index contributed by atoms with van der Waals surface area (Å²) in [5.74, 6) is 0.209. The molecule has 1 aromatic carbocycles. The number of ether oxygens (including phenoxy) is 3. The van der Waals surface area contributed by atoms with E-state index in [2.05, 4.69) is 0 Å². The first-order valence-electron chi connectivity index (χ1n) is 8.94. The largest absolute Gasteiger partial charge is 0.495 e. The van der Waals surface area contributed by atoms with Gasteiger partial charge < -0.3 is 19.3 Å². The predicted molar refractivity (Wildman–Crippen MR) is 102 cm³/mol. The van der Waals surface area contributed by atoms with E-state index in [4.69, 9.17) is 14.2 Å². The number of esters is 1. The van der Waals surface area contributed by atoms with Crippen LogP contribution in [0.2, 0.25) is 0 Å². The minimum Gasteiger partial charge on any atom is -0.495 e. The van der Waals surface area contributed by atoms with Crippen molar-refractivity contribution in [2.75, 3.05) is 7.11 Å². The van der Waals surface area contributed by atoms with Gasteiger partial charge in [-0.3, -0.25) is 9.59 Å². The Bertz CT molecular complexity index is 794. The smallest absolute Gasteiger partial charge is 0.308 e. The van der Waals surface area contributed by atoms with Crippen LogP contribution in [0.1, 0.15) is 63.0 Å². The molecule has 1 heterocycles. The summed E-state index contributed by atoms with van der Waals surface area (Å²) >= 11 is 0. The van der Waals surface area contributed by atoms with Gasteiger partial charge in [-0.1, -0.05) is 11.6 Å². The second-order valence-corrected chi connectivity index (χ2v) is 7.62. The zero-order chi connectivity index (χ0) is 20.5. The Kier molecular flexibility index (Phi) is 6.00. The van der Waals surface area contributed by atoms with Crippen molar-refractivity contribution in [1.29, 1.82) is 0 Å². The molecule has 2 rings (SSSR count). The summed E-state index contributed by atoms with van der Waals surface area (Å²) in [5, 5.41) is 10.4. The summed E-state index contributed by atoms with van der Waals surface area (Å²) < 4.78 is 17.0. The van der Waals surface area contributed by atoms with Crippen LogP contribution in [0.4, 0.5) is 0 Å². The number of hydrogen-bond acceptors (Lipinski definition) is 6. The van der Waals surface area contributed by atoms with Crippen LogP contribution in [-0.2, 0) is 17.6 Å². The van der Waals surface area contributed by atoms with Gasteiger partial charge in [0.25, 0.3) is 0 Å². The number of Topliss-reactive ketones (excluding diaryl/α,β-unsaturated/α-hetero) is 1. The summed E-state index contributed by atoms with van der Waals surface area (Å²) in [6, 6.07) is 0. The highest BCUT2D eigenvalue weighted by atomic mass is 16.5. The van der Waals surface area contributed by atoms with Crippen molar-refractivity contribution in [1.82, 2.24) is 0 Å². The lowest BCUT2D eigenvalue weighted by Gasteiger charge is -2.25. The standard InChI is InChI=1S/C21H28O6/c1-11(2)8-9-14-18-15(10-16(27-18)21(5,6)24)20(26-13(4)23)17(12(3)22)19(14)25-7/h8,16,24H,9-10H2,1-7H3. The van der Waals surface area contributed by atoms with Crippen LogP contribution >= 0.6 is 0 Å². The Morgan fingerprint density at radius 3 is 2.30 bits per heavy atom. The number of ketones is 1. The topological polar surface area (TPSA) is 82.1 Å². The van der Waals surface area contributed by atoms with E-state index in [-0.39, 0.29) is 17.1 Å². The van der Waals surface area contributed by atoms with Crippen molar-refractivity contribution in [2.45, 2.75) is 66.1 Å². The minimum absolute atomic E-state index is 0.162. The Morgan fingerprint density at radius 1 is 1.22 bits per heavy atom. The van der Waals surface area contributed by atoms with Gasteiger partial charge in [-0.05, 0) is 41.0 Å². The van der Waals surface area contributed by atoms with Gasteiger partial charge in [-0.25, -0.2) is 0 Å². The van der Waals surface area contributed by atoms with Crippen molar-refractivity contribution < 1.29 is 28.9 Å². The number of fused-ring (bicyclic) bond motifs is 1. The van der Waals surface area contributed by atoms with Gasteiger partial charge in [0.15, 0.2) is 11.5 Å². The number of benzene rings is 1. The van der Waals surface area contributed by atoms with Crippen LogP contribution in [0, 0.1) is 0 Å². The average Bonchev–Trinajstić information content (AvgIpc) is 2.97. The van der Waals surface area contributed by atoms with E-state index in [1.807, 2.05) is 19.9 Å². The molecule has 27 heavy (non-hydrogen) atoms. The van der Waals surface area contributed by atoms with E-state index in [0.29, 0.717) is 35.5 Å². The number of allylic oxidation sites excluding steroid dienone is 2. The predicted octanol–water partition coefficient (Wildman–Crippen LogP) is 3.41. The molecule has 6 nitrogen and oxygen atoms in total. The summed E-state index contributed by atoms with van der Waals surface area (Å²) in [6.45, 7) is 9.97. The van der Waals surface area contributed by atoms with Crippen LogP contribution in [-0.4, -0.2) is 35.7 Å². The maximum Gasteiger partial charge on any atom is 0.308 e. The fraction of sp³-hybridized carbons (Fsp3) is 0.524. The molecule has 0 aliphatic carbocycles. The van der Waals surface area contributed by atoms with Crippen molar-refractivity contribution in [3.8, 4) is 17.2 Å².